The maximum absolute atomic E-state index is 14.5. The van der Waals surface area contributed by atoms with Gasteiger partial charge in [0.2, 0.25) is 12.2 Å². The van der Waals surface area contributed by atoms with E-state index in [1.54, 1.807) is 19.1 Å². The molecule has 0 amide bonds. The molecule has 0 N–H and O–H groups in total. The lowest BCUT2D eigenvalue weighted by Gasteiger charge is -2.17. The van der Waals surface area contributed by atoms with Gasteiger partial charge >= 0.3 is 5.97 Å². The molecule has 0 aliphatic rings. The standard InChI is InChI=1S/C20H18BrF2N3O4/c1-3-28-17(11-29-12(2)27)30-20-18(21)19(13-8-9-16(23)24-10-13)26(25-20)15-7-5-4-6-14(15)22/h4-10,17H,3,11H2,1-2H3. The van der Waals surface area contributed by atoms with Crippen molar-refractivity contribution < 1.29 is 27.8 Å². The van der Waals surface area contributed by atoms with Crippen LogP contribution in [-0.4, -0.2) is 40.2 Å². The van der Waals surface area contributed by atoms with E-state index >= 15 is 0 Å². The molecule has 0 saturated heterocycles. The van der Waals surface area contributed by atoms with Crippen molar-refractivity contribution in [2.75, 3.05) is 13.2 Å². The fraction of sp³-hybridized carbons (Fsp3) is 0.250. The second-order valence-electron chi connectivity index (χ2n) is 6.01. The number of pyridine rings is 1. The second-order valence-corrected chi connectivity index (χ2v) is 6.80. The molecule has 0 fully saturated rings. The number of hydrogen-bond donors (Lipinski definition) is 0. The zero-order chi connectivity index (χ0) is 21.7. The molecular formula is C20H18BrF2N3O4. The highest BCUT2D eigenvalue weighted by Crippen LogP contribution is 2.38. The van der Waals surface area contributed by atoms with E-state index < -0.39 is 24.0 Å². The molecule has 0 bridgehead atoms. The van der Waals surface area contributed by atoms with Crippen LogP contribution in [0.1, 0.15) is 13.8 Å². The van der Waals surface area contributed by atoms with Gasteiger partial charge in [0.05, 0.1) is 5.69 Å². The molecule has 3 aromatic rings. The lowest BCUT2D eigenvalue weighted by atomic mass is 10.2. The third-order valence-electron chi connectivity index (χ3n) is 3.90. The number of hydrogen-bond acceptors (Lipinski definition) is 6. The zero-order valence-electron chi connectivity index (χ0n) is 16.1. The molecule has 158 valence electrons. The molecule has 2 heterocycles. The van der Waals surface area contributed by atoms with E-state index in [0.29, 0.717) is 22.3 Å². The van der Waals surface area contributed by atoms with Crippen molar-refractivity contribution in [3.8, 4) is 22.8 Å². The Hall–Kier alpha value is -2.85. The average molecular weight is 482 g/mol. The first kappa shape index (κ1) is 21.8. The normalized spacial score (nSPS) is 11.9. The van der Waals surface area contributed by atoms with Crippen molar-refractivity contribution in [3.63, 3.8) is 0 Å². The molecule has 7 nitrogen and oxygen atoms in total. The van der Waals surface area contributed by atoms with E-state index in [4.69, 9.17) is 14.2 Å². The largest absolute Gasteiger partial charge is 0.459 e. The highest BCUT2D eigenvalue weighted by molar-refractivity contribution is 9.10. The summed E-state index contributed by atoms with van der Waals surface area (Å²) in [5.41, 5.74) is 1.02. The maximum Gasteiger partial charge on any atom is 0.302 e. The van der Waals surface area contributed by atoms with Gasteiger partial charge in [-0.1, -0.05) is 12.1 Å². The zero-order valence-corrected chi connectivity index (χ0v) is 17.7. The maximum atomic E-state index is 14.5. The van der Waals surface area contributed by atoms with E-state index in [0.717, 1.165) is 0 Å². The number of carbonyl (C=O) groups excluding carboxylic acids is 1. The third-order valence-corrected chi connectivity index (χ3v) is 4.61. The fourth-order valence-corrected chi connectivity index (χ4v) is 3.20. The van der Waals surface area contributed by atoms with Gasteiger partial charge in [-0.25, -0.2) is 14.1 Å². The van der Waals surface area contributed by atoms with Gasteiger partial charge < -0.3 is 14.2 Å². The lowest BCUT2D eigenvalue weighted by molar-refractivity contribution is -0.158. The van der Waals surface area contributed by atoms with Crippen LogP contribution in [0.4, 0.5) is 8.78 Å². The average Bonchev–Trinajstić information content (AvgIpc) is 3.03. The van der Waals surface area contributed by atoms with Gasteiger partial charge in [-0.2, -0.15) is 4.39 Å². The highest BCUT2D eigenvalue weighted by atomic mass is 79.9. The smallest absolute Gasteiger partial charge is 0.302 e. The van der Waals surface area contributed by atoms with Gasteiger partial charge in [0.15, 0.2) is 6.61 Å². The fourth-order valence-electron chi connectivity index (χ4n) is 2.63. The Bertz CT molecular complexity index is 1030. The van der Waals surface area contributed by atoms with Crippen LogP contribution in [0.2, 0.25) is 0 Å². The Morgan fingerprint density at radius 1 is 1.23 bits per heavy atom. The molecule has 0 aliphatic carbocycles. The first-order valence-corrected chi connectivity index (χ1v) is 9.77. The molecule has 1 unspecified atom stereocenters. The SMILES string of the molecule is CCOC(COC(C)=O)Oc1nn(-c2ccccc2F)c(-c2ccc(F)nc2)c1Br. The minimum absolute atomic E-state index is 0.0724. The van der Waals surface area contributed by atoms with E-state index in [9.17, 15) is 13.6 Å². The van der Waals surface area contributed by atoms with Crippen molar-refractivity contribution in [1.82, 2.24) is 14.8 Å². The number of carbonyl (C=O) groups is 1. The summed E-state index contributed by atoms with van der Waals surface area (Å²) < 4.78 is 45.7. The topological polar surface area (TPSA) is 75.5 Å². The Balaban J connectivity index is 2.06. The van der Waals surface area contributed by atoms with E-state index in [1.165, 1.54) is 42.1 Å². The number of esters is 1. The number of para-hydroxylation sites is 1. The summed E-state index contributed by atoms with van der Waals surface area (Å²) in [6.45, 7) is 3.17. The Morgan fingerprint density at radius 2 is 2.00 bits per heavy atom. The summed E-state index contributed by atoms with van der Waals surface area (Å²) in [6, 6.07) is 8.72. The molecule has 3 rings (SSSR count). The molecule has 0 spiro atoms. The van der Waals surface area contributed by atoms with Gasteiger partial charge in [0.1, 0.15) is 16.0 Å². The summed E-state index contributed by atoms with van der Waals surface area (Å²) in [4.78, 5) is 14.8. The van der Waals surface area contributed by atoms with Crippen molar-refractivity contribution >= 4 is 21.9 Å². The van der Waals surface area contributed by atoms with Crippen LogP contribution in [-0.2, 0) is 14.3 Å². The molecule has 1 aromatic carbocycles. The lowest BCUT2D eigenvalue weighted by Crippen LogP contribution is -2.28. The van der Waals surface area contributed by atoms with Gasteiger partial charge in [-0.15, -0.1) is 5.10 Å². The number of benzene rings is 1. The molecule has 0 aliphatic heterocycles. The number of aromatic nitrogens is 3. The summed E-state index contributed by atoms with van der Waals surface area (Å²) >= 11 is 3.42. The molecule has 0 radical (unpaired) electrons. The molecule has 1 atom stereocenters. The van der Waals surface area contributed by atoms with Gasteiger partial charge in [-0.3, -0.25) is 4.79 Å². The quantitative estimate of drug-likeness (QED) is 0.271. The second kappa shape index (κ2) is 9.77. The van der Waals surface area contributed by atoms with E-state index in [-0.39, 0.29) is 18.2 Å². The Morgan fingerprint density at radius 3 is 2.63 bits per heavy atom. The van der Waals surface area contributed by atoms with Crippen LogP contribution >= 0.6 is 15.9 Å². The summed E-state index contributed by atoms with van der Waals surface area (Å²) in [7, 11) is 0. The minimum Gasteiger partial charge on any atom is -0.459 e. The predicted molar refractivity (Wildman–Crippen MR) is 107 cm³/mol. The van der Waals surface area contributed by atoms with Crippen LogP contribution in [0.3, 0.4) is 0 Å². The summed E-state index contributed by atoms with van der Waals surface area (Å²) in [6.07, 6.45) is 0.371. The molecule has 0 saturated carbocycles. The van der Waals surface area contributed by atoms with Crippen molar-refractivity contribution in [2.24, 2.45) is 0 Å². The van der Waals surface area contributed by atoms with Crippen molar-refractivity contribution in [2.45, 2.75) is 20.1 Å². The van der Waals surface area contributed by atoms with Gasteiger partial charge in [-0.05, 0) is 47.1 Å². The van der Waals surface area contributed by atoms with Crippen molar-refractivity contribution in [1.29, 1.82) is 0 Å². The molecular weight excluding hydrogens is 464 g/mol. The minimum atomic E-state index is -0.932. The molecule has 10 heteroatoms. The predicted octanol–water partition coefficient (Wildman–Crippen LogP) is 4.28. The van der Waals surface area contributed by atoms with Crippen molar-refractivity contribution in [3.05, 3.63) is 58.8 Å². The van der Waals surface area contributed by atoms with Gasteiger partial charge in [0, 0.05) is 25.3 Å². The first-order chi connectivity index (χ1) is 14.4. The highest BCUT2D eigenvalue weighted by Gasteiger charge is 2.24. The van der Waals surface area contributed by atoms with Crippen LogP contribution in [0.25, 0.3) is 16.9 Å². The van der Waals surface area contributed by atoms with E-state index in [1.807, 2.05) is 0 Å². The number of halogens is 3. The Kier molecular flexibility index (Phi) is 7.11. The third kappa shape index (κ3) is 5.00. The summed E-state index contributed by atoms with van der Waals surface area (Å²) in [5, 5.41) is 4.35. The molecule has 30 heavy (non-hydrogen) atoms. The monoisotopic (exact) mass is 481 g/mol. The van der Waals surface area contributed by atoms with Crippen LogP contribution < -0.4 is 4.74 Å². The Labute approximate surface area is 179 Å². The number of nitrogens with zero attached hydrogens (tertiary/aromatic N) is 3. The molecule has 2 aromatic heterocycles. The number of rotatable bonds is 8. The summed E-state index contributed by atoms with van der Waals surface area (Å²) in [5.74, 6) is -1.58. The van der Waals surface area contributed by atoms with Gasteiger partial charge in [0.25, 0.3) is 5.88 Å². The van der Waals surface area contributed by atoms with E-state index in [2.05, 4.69) is 26.0 Å². The van der Waals surface area contributed by atoms with Crippen LogP contribution in [0.5, 0.6) is 5.88 Å². The van der Waals surface area contributed by atoms with Crippen LogP contribution in [0, 0.1) is 11.8 Å². The van der Waals surface area contributed by atoms with Crippen LogP contribution in [0.15, 0.2) is 47.1 Å². The number of ether oxygens (including phenoxy) is 3. The first-order valence-electron chi connectivity index (χ1n) is 8.97.